The van der Waals surface area contributed by atoms with Gasteiger partial charge in [-0.05, 0) is 19.3 Å². The van der Waals surface area contributed by atoms with Crippen LogP contribution in [0.25, 0.3) is 0 Å². The Morgan fingerprint density at radius 1 is 1.18 bits per heavy atom. The molecular weight excluding hydrogens is 391 g/mol. The molecule has 1 saturated carbocycles. The Balaban J connectivity index is 0.00000441. The average Bonchev–Trinajstić information content (AvgIpc) is 2.95. The molecule has 2 N–H and O–H groups in total. The summed E-state index contributed by atoms with van der Waals surface area (Å²) in [4.78, 5) is 18.5. The summed E-state index contributed by atoms with van der Waals surface area (Å²) in [5.74, 6) is 1.05. The number of hydrogen-bond donors (Lipinski definition) is 2. The van der Waals surface area contributed by atoms with Gasteiger partial charge in [0.1, 0.15) is 0 Å². The highest BCUT2D eigenvalue weighted by Gasteiger charge is 2.42. The van der Waals surface area contributed by atoms with Crippen molar-refractivity contribution in [3.8, 4) is 0 Å². The lowest BCUT2D eigenvalue weighted by atomic mass is 9.84. The topological polar surface area (TPSA) is 56.7 Å². The number of unbranched alkanes of at least 4 members (excludes halogenated alkanes) is 2. The SMILES string of the molecule is CCCCCNC(=NC)NCC1(C(=O)N(C)C)CCCC1.I. The van der Waals surface area contributed by atoms with Crippen molar-refractivity contribution in [2.75, 3.05) is 34.2 Å². The van der Waals surface area contributed by atoms with Gasteiger partial charge in [-0.1, -0.05) is 32.6 Å². The minimum absolute atomic E-state index is 0. The van der Waals surface area contributed by atoms with E-state index in [1.54, 1.807) is 11.9 Å². The van der Waals surface area contributed by atoms with E-state index in [1.807, 2.05) is 14.1 Å². The van der Waals surface area contributed by atoms with Crippen LogP contribution in [0.3, 0.4) is 0 Å². The number of amides is 1. The number of hydrogen-bond acceptors (Lipinski definition) is 2. The molecule has 130 valence electrons. The van der Waals surface area contributed by atoms with E-state index < -0.39 is 0 Å². The van der Waals surface area contributed by atoms with E-state index in [4.69, 9.17) is 0 Å². The van der Waals surface area contributed by atoms with E-state index in [9.17, 15) is 4.79 Å². The summed E-state index contributed by atoms with van der Waals surface area (Å²) < 4.78 is 0. The van der Waals surface area contributed by atoms with Crippen molar-refractivity contribution in [2.45, 2.75) is 51.9 Å². The molecule has 0 aromatic heterocycles. The zero-order valence-corrected chi connectivity index (χ0v) is 16.9. The molecule has 0 aromatic carbocycles. The molecule has 1 amide bonds. The Kier molecular flexibility index (Phi) is 10.8. The van der Waals surface area contributed by atoms with Crippen LogP contribution in [0.4, 0.5) is 0 Å². The quantitative estimate of drug-likeness (QED) is 0.286. The highest BCUT2D eigenvalue weighted by Crippen LogP contribution is 2.38. The second-order valence-electron chi connectivity index (χ2n) is 6.25. The van der Waals surface area contributed by atoms with Gasteiger partial charge in [0.2, 0.25) is 5.91 Å². The lowest BCUT2D eigenvalue weighted by Crippen LogP contribution is -2.49. The first kappa shape index (κ1) is 21.5. The second kappa shape index (κ2) is 11.1. The normalized spacial score (nSPS) is 16.8. The van der Waals surface area contributed by atoms with Crippen molar-refractivity contribution < 1.29 is 4.79 Å². The van der Waals surface area contributed by atoms with Gasteiger partial charge in [0.15, 0.2) is 5.96 Å². The first-order valence-electron chi connectivity index (χ1n) is 8.22. The lowest BCUT2D eigenvalue weighted by Gasteiger charge is -2.31. The molecule has 6 heteroatoms. The third-order valence-electron chi connectivity index (χ3n) is 4.31. The summed E-state index contributed by atoms with van der Waals surface area (Å²) in [5.41, 5.74) is -0.245. The first-order valence-corrected chi connectivity index (χ1v) is 8.22. The van der Waals surface area contributed by atoms with Crippen molar-refractivity contribution >= 4 is 35.8 Å². The molecule has 0 bridgehead atoms. The second-order valence-corrected chi connectivity index (χ2v) is 6.25. The van der Waals surface area contributed by atoms with Crippen LogP contribution in [-0.2, 0) is 4.79 Å². The van der Waals surface area contributed by atoms with Gasteiger partial charge in [0.05, 0.1) is 5.41 Å². The van der Waals surface area contributed by atoms with Crippen LogP contribution < -0.4 is 10.6 Å². The predicted octanol–water partition coefficient (Wildman–Crippen LogP) is 2.61. The Morgan fingerprint density at radius 3 is 2.32 bits per heavy atom. The summed E-state index contributed by atoms with van der Waals surface area (Å²) in [5, 5.41) is 6.68. The monoisotopic (exact) mass is 424 g/mol. The van der Waals surface area contributed by atoms with Crippen LogP contribution in [0.1, 0.15) is 51.9 Å². The molecule has 22 heavy (non-hydrogen) atoms. The van der Waals surface area contributed by atoms with Crippen LogP contribution in [0.2, 0.25) is 0 Å². The highest BCUT2D eigenvalue weighted by molar-refractivity contribution is 14.0. The zero-order chi connectivity index (χ0) is 15.7. The first-order chi connectivity index (χ1) is 10.1. The zero-order valence-electron chi connectivity index (χ0n) is 14.6. The van der Waals surface area contributed by atoms with Gasteiger partial charge in [-0.25, -0.2) is 0 Å². The Labute approximate surface area is 152 Å². The minimum atomic E-state index is -0.245. The van der Waals surface area contributed by atoms with Gasteiger partial charge in [-0.2, -0.15) is 0 Å². The van der Waals surface area contributed by atoms with Gasteiger partial charge in [0.25, 0.3) is 0 Å². The van der Waals surface area contributed by atoms with Crippen LogP contribution in [0.15, 0.2) is 4.99 Å². The Morgan fingerprint density at radius 2 is 1.82 bits per heavy atom. The summed E-state index contributed by atoms with van der Waals surface area (Å²) in [6.07, 6.45) is 7.83. The standard InChI is InChI=1S/C16H32N4O.HI/c1-5-6-9-12-18-15(17-2)19-13-16(10-7-8-11-16)14(21)20(3)4;/h5-13H2,1-4H3,(H2,17,18,19);1H. The van der Waals surface area contributed by atoms with Crippen LogP contribution >= 0.6 is 24.0 Å². The van der Waals surface area contributed by atoms with Gasteiger partial charge in [-0.15, -0.1) is 24.0 Å². The number of guanidine groups is 1. The maximum Gasteiger partial charge on any atom is 0.230 e. The Hall–Kier alpha value is -0.530. The summed E-state index contributed by atoms with van der Waals surface area (Å²) in [6, 6.07) is 0. The maximum atomic E-state index is 12.5. The van der Waals surface area contributed by atoms with Crippen molar-refractivity contribution in [1.82, 2.24) is 15.5 Å². The van der Waals surface area contributed by atoms with Crippen molar-refractivity contribution in [3.63, 3.8) is 0 Å². The van der Waals surface area contributed by atoms with Gasteiger partial charge in [0, 0.05) is 34.2 Å². The van der Waals surface area contributed by atoms with E-state index >= 15 is 0 Å². The summed E-state index contributed by atoms with van der Waals surface area (Å²) >= 11 is 0. The molecule has 0 heterocycles. The minimum Gasteiger partial charge on any atom is -0.356 e. The van der Waals surface area contributed by atoms with E-state index in [0.717, 1.165) is 44.6 Å². The van der Waals surface area contributed by atoms with E-state index in [1.165, 1.54) is 12.8 Å². The number of nitrogens with one attached hydrogen (secondary N) is 2. The highest BCUT2D eigenvalue weighted by atomic mass is 127. The van der Waals surface area contributed by atoms with Gasteiger partial charge < -0.3 is 15.5 Å². The fraction of sp³-hybridized carbons (Fsp3) is 0.875. The lowest BCUT2D eigenvalue weighted by molar-refractivity contribution is -0.138. The van der Waals surface area contributed by atoms with E-state index in [2.05, 4.69) is 22.5 Å². The van der Waals surface area contributed by atoms with Crippen molar-refractivity contribution in [3.05, 3.63) is 0 Å². The number of carbonyl (C=O) groups is 1. The van der Waals surface area contributed by atoms with Crippen LogP contribution in [0, 0.1) is 5.41 Å². The van der Waals surface area contributed by atoms with Crippen LogP contribution in [-0.4, -0.2) is 51.0 Å². The molecule has 1 aliphatic rings. The van der Waals surface area contributed by atoms with Gasteiger partial charge in [-0.3, -0.25) is 9.79 Å². The smallest absolute Gasteiger partial charge is 0.230 e. The third kappa shape index (κ3) is 6.30. The molecule has 1 rings (SSSR count). The number of carbonyl (C=O) groups excluding carboxylic acids is 1. The molecule has 0 radical (unpaired) electrons. The molecule has 0 aromatic rings. The molecule has 0 aliphatic heterocycles. The third-order valence-corrected chi connectivity index (χ3v) is 4.31. The predicted molar refractivity (Wildman–Crippen MR) is 104 cm³/mol. The number of halogens is 1. The van der Waals surface area contributed by atoms with E-state index in [0.29, 0.717) is 6.54 Å². The largest absolute Gasteiger partial charge is 0.356 e. The average molecular weight is 424 g/mol. The van der Waals surface area contributed by atoms with Gasteiger partial charge >= 0.3 is 0 Å². The fourth-order valence-corrected chi connectivity index (χ4v) is 3.05. The molecule has 1 aliphatic carbocycles. The summed E-state index contributed by atoms with van der Waals surface area (Å²) in [6.45, 7) is 3.81. The molecule has 0 atom stereocenters. The molecular formula is C16H33IN4O. The molecule has 0 saturated heterocycles. The van der Waals surface area contributed by atoms with Crippen molar-refractivity contribution in [2.24, 2.45) is 10.4 Å². The number of rotatable bonds is 7. The maximum absolute atomic E-state index is 12.5. The molecule has 0 unspecified atom stereocenters. The summed E-state index contributed by atoms with van der Waals surface area (Å²) in [7, 11) is 5.48. The van der Waals surface area contributed by atoms with Crippen molar-refractivity contribution in [1.29, 1.82) is 0 Å². The van der Waals surface area contributed by atoms with E-state index in [-0.39, 0.29) is 35.3 Å². The fourth-order valence-electron chi connectivity index (χ4n) is 3.05. The Bertz CT molecular complexity index is 352. The molecule has 0 spiro atoms. The number of nitrogens with zero attached hydrogens (tertiary/aromatic N) is 2. The van der Waals surface area contributed by atoms with Crippen LogP contribution in [0.5, 0.6) is 0 Å². The number of aliphatic imine (C=N–C) groups is 1. The molecule has 5 nitrogen and oxygen atoms in total. The molecule has 1 fully saturated rings.